The molecule has 0 spiro atoms. The monoisotopic (exact) mass is 278 g/mol. The number of nitrogens with two attached hydrogens (primary N) is 1. The lowest BCUT2D eigenvalue weighted by Crippen LogP contribution is -2.45. The number of benzene rings is 1. The summed E-state index contributed by atoms with van der Waals surface area (Å²) in [5.74, 6) is 1.29. The fourth-order valence-electron chi connectivity index (χ4n) is 2.17. The fraction of sp³-hybridized carbons (Fsp3) is 0.533. The third-order valence-corrected chi connectivity index (χ3v) is 3.36. The molecule has 20 heavy (non-hydrogen) atoms. The van der Waals surface area contributed by atoms with Crippen molar-refractivity contribution in [1.82, 2.24) is 4.90 Å². The number of carbonyl (C=O) groups is 1. The number of hydrogen-bond acceptors (Lipinski definition) is 4. The van der Waals surface area contributed by atoms with Crippen LogP contribution < -0.4 is 15.2 Å². The average Bonchev–Trinajstić information content (AvgIpc) is 2.50. The summed E-state index contributed by atoms with van der Waals surface area (Å²) in [6.07, 6.45) is 2.45. The highest BCUT2D eigenvalue weighted by atomic mass is 16.6. The Morgan fingerprint density at radius 1 is 1.30 bits per heavy atom. The van der Waals surface area contributed by atoms with E-state index in [0.29, 0.717) is 18.0 Å². The molecule has 0 saturated carbocycles. The molecule has 110 valence electrons. The first-order valence-corrected chi connectivity index (χ1v) is 7.06. The molecule has 1 aromatic rings. The molecule has 1 amide bonds. The predicted molar refractivity (Wildman–Crippen MR) is 76.9 cm³/mol. The Labute approximate surface area is 119 Å². The van der Waals surface area contributed by atoms with E-state index >= 15 is 0 Å². The number of hydrogen-bond donors (Lipinski definition) is 1. The van der Waals surface area contributed by atoms with Crippen molar-refractivity contribution < 1.29 is 14.3 Å². The molecule has 1 atom stereocenters. The van der Waals surface area contributed by atoms with E-state index in [4.69, 9.17) is 15.2 Å². The molecule has 5 nitrogen and oxygen atoms in total. The minimum Gasteiger partial charge on any atom is -0.485 e. The summed E-state index contributed by atoms with van der Waals surface area (Å²) in [4.78, 5) is 14.0. The van der Waals surface area contributed by atoms with Crippen molar-refractivity contribution in [3.63, 3.8) is 0 Å². The molecule has 0 aromatic heterocycles. The first-order chi connectivity index (χ1) is 9.72. The van der Waals surface area contributed by atoms with Gasteiger partial charge >= 0.3 is 0 Å². The Bertz CT molecular complexity index is 450. The van der Waals surface area contributed by atoms with Crippen molar-refractivity contribution in [1.29, 1.82) is 0 Å². The van der Waals surface area contributed by atoms with Crippen LogP contribution in [0.15, 0.2) is 24.3 Å². The number of likely N-dealkylation sites (N-methyl/N-ethyl adjacent to an activating group) is 1. The smallest absolute Gasteiger partial charge is 0.267 e. The SMILES string of the molecule is CN(CCCCCN)C(=O)C1COc2ccccc2O1. The molecule has 2 rings (SSSR count). The summed E-state index contributed by atoms with van der Waals surface area (Å²) in [5.41, 5.74) is 5.45. The lowest BCUT2D eigenvalue weighted by atomic mass is 10.2. The van der Waals surface area contributed by atoms with Crippen molar-refractivity contribution >= 4 is 5.91 Å². The molecule has 1 aliphatic heterocycles. The van der Waals surface area contributed by atoms with Gasteiger partial charge in [-0.1, -0.05) is 18.6 Å². The van der Waals surface area contributed by atoms with Gasteiger partial charge in [0.1, 0.15) is 6.61 Å². The van der Waals surface area contributed by atoms with Crippen molar-refractivity contribution in [3.05, 3.63) is 24.3 Å². The van der Waals surface area contributed by atoms with Crippen molar-refractivity contribution in [2.75, 3.05) is 26.7 Å². The van der Waals surface area contributed by atoms with Gasteiger partial charge < -0.3 is 20.1 Å². The van der Waals surface area contributed by atoms with E-state index in [1.165, 1.54) is 0 Å². The van der Waals surface area contributed by atoms with E-state index in [1.54, 1.807) is 11.9 Å². The first-order valence-electron chi connectivity index (χ1n) is 7.06. The molecule has 2 N–H and O–H groups in total. The second-order valence-electron chi connectivity index (χ2n) is 4.97. The standard InChI is InChI=1S/C15H22N2O3/c1-17(10-6-2-5-9-16)15(18)14-11-19-12-7-3-4-8-13(12)20-14/h3-4,7-8,14H,2,5-6,9-11,16H2,1H3. The number of para-hydroxylation sites is 2. The predicted octanol–water partition coefficient (Wildman–Crippen LogP) is 1.41. The minimum absolute atomic E-state index is 0.0350. The maximum atomic E-state index is 12.3. The van der Waals surface area contributed by atoms with Gasteiger partial charge in [-0.15, -0.1) is 0 Å². The summed E-state index contributed by atoms with van der Waals surface area (Å²) in [6, 6.07) is 7.40. The molecular formula is C15H22N2O3. The van der Waals surface area contributed by atoms with Crippen molar-refractivity contribution in [2.45, 2.75) is 25.4 Å². The highest BCUT2D eigenvalue weighted by molar-refractivity contribution is 5.81. The van der Waals surface area contributed by atoms with E-state index in [9.17, 15) is 4.79 Å². The number of carbonyl (C=O) groups excluding carboxylic acids is 1. The molecule has 5 heteroatoms. The number of unbranched alkanes of at least 4 members (excludes halogenated alkanes) is 2. The van der Waals surface area contributed by atoms with Gasteiger partial charge in [0.25, 0.3) is 5.91 Å². The molecule has 1 heterocycles. The maximum absolute atomic E-state index is 12.3. The average molecular weight is 278 g/mol. The summed E-state index contributed by atoms with van der Waals surface area (Å²) in [6.45, 7) is 1.69. The van der Waals surface area contributed by atoms with Crippen LogP contribution in [0.3, 0.4) is 0 Å². The van der Waals surface area contributed by atoms with Gasteiger partial charge in [0.05, 0.1) is 0 Å². The van der Waals surface area contributed by atoms with Crippen LogP contribution in [0.2, 0.25) is 0 Å². The van der Waals surface area contributed by atoms with E-state index in [2.05, 4.69) is 0 Å². The van der Waals surface area contributed by atoms with Crippen molar-refractivity contribution in [3.8, 4) is 11.5 Å². The molecule has 0 saturated heterocycles. The first kappa shape index (κ1) is 14.7. The van der Waals surface area contributed by atoms with Crippen LogP contribution in [-0.2, 0) is 4.79 Å². The second kappa shape index (κ2) is 7.14. The topological polar surface area (TPSA) is 64.8 Å². The minimum atomic E-state index is -0.551. The quantitative estimate of drug-likeness (QED) is 0.799. The number of rotatable bonds is 6. The Balaban J connectivity index is 1.84. The Morgan fingerprint density at radius 3 is 2.80 bits per heavy atom. The summed E-state index contributed by atoms with van der Waals surface area (Å²) in [5, 5.41) is 0. The van der Waals surface area contributed by atoms with E-state index in [0.717, 1.165) is 25.8 Å². The molecule has 1 unspecified atom stereocenters. The van der Waals surface area contributed by atoms with Crippen LogP contribution in [0.4, 0.5) is 0 Å². The zero-order valence-corrected chi connectivity index (χ0v) is 11.9. The second-order valence-corrected chi connectivity index (χ2v) is 4.97. The highest BCUT2D eigenvalue weighted by Gasteiger charge is 2.29. The largest absolute Gasteiger partial charge is 0.485 e. The number of ether oxygens (including phenoxy) is 2. The van der Waals surface area contributed by atoms with Gasteiger partial charge in [0.2, 0.25) is 6.10 Å². The lowest BCUT2D eigenvalue weighted by molar-refractivity contribution is -0.139. The van der Waals surface area contributed by atoms with Gasteiger partial charge in [-0.2, -0.15) is 0 Å². The van der Waals surface area contributed by atoms with Gasteiger partial charge in [0.15, 0.2) is 11.5 Å². The van der Waals surface area contributed by atoms with Crippen LogP contribution in [0, 0.1) is 0 Å². The van der Waals surface area contributed by atoms with Crippen molar-refractivity contribution in [2.24, 2.45) is 5.73 Å². The molecule has 0 fully saturated rings. The Kier molecular flexibility index (Phi) is 5.24. The summed E-state index contributed by atoms with van der Waals surface area (Å²) in [7, 11) is 1.80. The molecule has 0 bridgehead atoms. The zero-order chi connectivity index (χ0) is 14.4. The molecule has 1 aromatic carbocycles. The zero-order valence-electron chi connectivity index (χ0n) is 11.9. The molecule has 0 radical (unpaired) electrons. The van der Waals surface area contributed by atoms with Crippen LogP contribution in [0.5, 0.6) is 11.5 Å². The van der Waals surface area contributed by atoms with Crippen LogP contribution in [0.25, 0.3) is 0 Å². The number of fused-ring (bicyclic) bond motifs is 1. The van der Waals surface area contributed by atoms with E-state index < -0.39 is 6.10 Å². The van der Waals surface area contributed by atoms with Crippen LogP contribution >= 0.6 is 0 Å². The number of amides is 1. The van der Waals surface area contributed by atoms with Gasteiger partial charge in [0, 0.05) is 13.6 Å². The molecular weight excluding hydrogens is 256 g/mol. The van der Waals surface area contributed by atoms with E-state index in [1.807, 2.05) is 24.3 Å². The number of nitrogens with zero attached hydrogens (tertiary/aromatic N) is 1. The highest BCUT2D eigenvalue weighted by Crippen LogP contribution is 2.31. The van der Waals surface area contributed by atoms with Gasteiger partial charge in [-0.25, -0.2) is 0 Å². The van der Waals surface area contributed by atoms with E-state index in [-0.39, 0.29) is 12.5 Å². The lowest BCUT2D eigenvalue weighted by Gasteiger charge is -2.28. The van der Waals surface area contributed by atoms with Gasteiger partial charge in [-0.05, 0) is 31.5 Å². The Morgan fingerprint density at radius 2 is 2.05 bits per heavy atom. The third kappa shape index (κ3) is 3.63. The maximum Gasteiger partial charge on any atom is 0.267 e. The summed E-state index contributed by atoms with van der Waals surface area (Å²) < 4.78 is 11.3. The normalized spacial score (nSPS) is 16.8. The molecule has 1 aliphatic rings. The molecule has 0 aliphatic carbocycles. The summed E-state index contributed by atoms with van der Waals surface area (Å²) >= 11 is 0. The Hall–Kier alpha value is -1.75. The van der Waals surface area contributed by atoms with Gasteiger partial charge in [-0.3, -0.25) is 4.79 Å². The van der Waals surface area contributed by atoms with Crippen LogP contribution in [-0.4, -0.2) is 43.7 Å². The third-order valence-electron chi connectivity index (χ3n) is 3.36. The van der Waals surface area contributed by atoms with Crippen LogP contribution in [0.1, 0.15) is 19.3 Å². The fourth-order valence-corrected chi connectivity index (χ4v) is 2.17.